The Balaban J connectivity index is 2.24. The van der Waals surface area contributed by atoms with Crippen molar-refractivity contribution in [1.29, 1.82) is 0 Å². The molecule has 3 nitrogen and oxygen atoms in total. The molecule has 0 aromatic heterocycles. The third kappa shape index (κ3) is 2.49. The number of benzene rings is 1. The van der Waals surface area contributed by atoms with Gasteiger partial charge in [0.2, 0.25) is 5.91 Å². The van der Waals surface area contributed by atoms with E-state index in [0.717, 1.165) is 29.7 Å². The summed E-state index contributed by atoms with van der Waals surface area (Å²) >= 11 is 9.47. The molecule has 1 fully saturated rings. The van der Waals surface area contributed by atoms with Crippen molar-refractivity contribution in [2.45, 2.75) is 19.4 Å². The Morgan fingerprint density at radius 1 is 1.59 bits per heavy atom. The standard InChI is InChI=1S/C12H14BrClN2O/c1-2-15-9-6-7-16(12(9)17)10-5-3-4-8(14)11(10)13/h3-5,9,15H,2,6-7H2,1H3. The molecule has 1 N–H and O–H groups in total. The Hall–Kier alpha value is -0.580. The number of likely N-dealkylation sites (N-methyl/N-ethyl adjacent to an activating group) is 1. The monoisotopic (exact) mass is 316 g/mol. The first-order chi connectivity index (χ1) is 8.15. The third-order valence-electron chi connectivity index (χ3n) is 2.88. The van der Waals surface area contributed by atoms with Crippen LogP contribution in [0.25, 0.3) is 0 Å². The van der Waals surface area contributed by atoms with Crippen LogP contribution in [0, 0.1) is 0 Å². The molecule has 1 amide bonds. The molecule has 5 heteroatoms. The minimum atomic E-state index is -0.0640. The second kappa shape index (κ2) is 5.38. The lowest BCUT2D eigenvalue weighted by atomic mass is 10.2. The molecular weight excluding hydrogens is 304 g/mol. The van der Waals surface area contributed by atoms with Crippen LogP contribution < -0.4 is 10.2 Å². The van der Waals surface area contributed by atoms with Gasteiger partial charge in [0.05, 0.1) is 21.2 Å². The van der Waals surface area contributed by atoms with Gasteiger partial charge in [-0.1, -0.05) is 24.6 Å². The third-order valence-corrected chi connectivity index (χ3v) is 4.25. The number of anilines is 1. The molecule has 0 radical (unpaired) electrons. The van der Waals surface area contributed by atoms with E-state index in [4.69, 9.17) is 11.6 Å². The maximum Gasteiger partial charge on any atom is 0.244 e. The zero-order valence-electron chi connectivity index (χ0n) is 9.54. The fourth-order valence-electron chi connectivity index (χ4n) is 2.06. The minimum Gasteiger partial charge on any atom is -0.310 e. The summed E-state index contributed by atoms with van der Waals surface area (Å²) in [7, 11) is 0. The summed E-state index contributed by atoms with van der Waals surface area (Å²) in [4.78, 5) is 13.9. The number of carbonyl (C=O) groups excluding carboxylic acids is 1. The fraction of sp³-hybridized carbons (Fsp3) is 0.417. The van der Waals surface area contributed by atoms with Crippen LogP contribution in [0.1, 0.15) is 13.3 Å². The van der Waals surface area contributed by atoms with E-state index < -0.39 is 0 Å². The van der Waals surface area contributed by atoms with Crippen molar-refractivity contribution in [3.8, 4) is 0 Å². The van der Waals surface area contributed by atoms with E-state index in [1.54, 1.807) is 11.0 Å². The topological polar surface area (TPSA) is 32.3 Å². The number of hydrogen-bond acceptors (Lipinski definition) is 2. The van der Waals surface area contributed by atoms with Crippen molar-refractivity contribution in [2.24, 2.45) is 0 Å². The highest BCUT2D eigenvalue weighted by atomic mass is 79.9. The van der Waals surface area contributed by atoms with Gasteiger partial charge in [-0.3, -0.25) is 4.79 Å². The molecule has 92 valence electrons. The molecule has 17 heavy (non-hydrogen) atoms. The van der Waals surface area contributed by atoms with Gasteiger partial charge in [0.15, 0.2) is 0 Å². The largest absolute Gasteiger partial charge is 0.310 e. The molecule has 1 unspecified atom stereocenters. The van der Waals surface area contributed by atoms with Gasteiger partial charge in [0.1, 0.15) is 0 Å². The molecule has 1 aromatic carbocycles. The molecule has 0 spiro atoms. The van der Waals surface area contributed by atoms with E-state index in [1.807, 2.05) is 19.1 Å². The van der Waals surface area contributed by atoms with Gasteiger partial charge in [-0.15, -0.1) is 0 Å². The lowest BCUT2D eigenvalue weighted by Gasteiger charge is -2.19. The molecule has 2 rings (SSSR count). The first-order valence-corrected chi connectivity index (χ1v) is 6.81. The molecule has 1 aromatic rings. The molecular formula is C12H14BrClN2O. The predicted molar refractivity (Wildman–Crippen MR) is 73.6 cm³/mol. The molecule has 1 heterocycles. The Morgan fingerprint density at radius 2 is 2.35 bits per heavy atom. The molecule has 1 saturated heterocycles. The Bertz CT molecular complexity index is 439. The maximum atomic E-state index is 12.2. The highest BCUT2D eigenvalue weighted by molar-refractivity contribution is 9.10. The number of amides is 1. The Kier molecular flexibility index (Phi) is 4.07. The molecule has 0 bridgehead atoms. The normalized spacial score (nSPS) is 20.1. The SMILES string of the molecule is CCNC1CCN(c2cccc(Cl)c2Br)C1=O. The van der Waals surface area contributed by atoms with Crippen LogP contribution in [0.4, 0.5) is 5.69 Å². The van der Waals surface area contributed by atoms with Crippen LogP contribution in [0.15, 0.2) is 22.7 Å². The maximum absolute atomic E-state index is 12.2. The smallest absolute Gasteiger partial charge is 0.244 e. The minimum absolute atomic E-state index is 0.0640. The summed E-state index contributed by atoms with van der Waals surface area (Å²) in [6.45, 7) is 3.54. The first-order valence-electron chi connectivity index (χ1n) is 5.64. The fourth-order valence-corrected chi connectivity index (χ4v) is 2.70. The second-order valence-corrected chi connectivity index (χ2v) is 5.16. The van der Waals surface area contributed by atoms with Gasteiger partial charge < -0.3 is 10.2 Å². The lowest BCUT2D eigenvalue weighted by Crippen LogP contribution is -2.38. The van der Waals surface area contributed by atoms with Crippen LogP contribution in [0.5, 0.6) is 0 Å². The lowest BCUT2D eigenvalue weighted by molar-refractivity contribution is -0.118. The predicted octanol–water partition coefficient (Wildman–Crippen LogP) is 2.82. The van der Waals surface area contributed by atoms with Crippen molar-refractivity contribution >= 4 is 39.1 Å². The van der Waals surface area contributed by atoms with Gasteiger partial charge in [-0.05, 0) is 41.0 Å². The average Bonchev–Trinajstić information content (AvgIpc) is 2.66. The zero-order valence-corrected chi connectivity index (χ0v) is 11.9. The number of carbonyl (C=O) groups is 1. The van der Waals surface area contributed by atoms with E-state index in [-0.39, 0.29) is 11.9 Å². The van der Waals surface area contributed by atoms with Gasteiger partial charge in [0.25, 0.3) is 0 Å². The van der Waals surface area contributed by atoms with Crippen molar-refractivity contribution < 1.29 is 4.79 Å². The van der Waals surface area contributed by atoms with Gasteiger partial charge >= 0.3 is 0 Å². The van der Waals surface area contributed by atoms with Gasteiger partial charge in [-0.25, -0.2) is 0 Å². The van der Waals surface area contributed by atoms with Crippen LogP contribution >= 0.6 is 27.5 Å². The summed E-state index contributed by atoms with van der Waals surface area (Å²) in [6, 6.07) is 5.50. The van der Waals surface area contributed by atoms with Crippen LogP contribution in [-0.4, -0.2) is 25.0 Å². The van der Waals surface area contributed by atoms with E-state index in [2.05, 4.69) is 21.2 Å². The first kappa shape index (κ1) is 12.9. The van der Waals surface area contributed by atoms with Gasteiger partial charge in [-0.2, -0.15) is 0 Å². The van der Waals surface area contributed by atoms with Crippen LogP contribution in [0.3, 0.4) is 0 Å². The zero-order chi connectivity index (χ0) is 12.4. The number of rotatable bonds is 3. The molecule has 1 atom stereocenters. The van der Waals surface area contributed by atoms with E-state index in [0.29, 0.717) is 5.02 Å². The molecule has 0 saturated carbocycles. The van der Waals surface area contributed by atoms with Crippen molar-refractivity contribution in [2.75, 3.05) is 18.0 Å². The number of halogens is 2. The second-order valence-electron chi connectivity index (χ2n) is 3.96. The van der Waals surface area contributed by atoms with E-state index >= 15 is 0 Å². The molecule has 0 aliphatic carbocycles. The summed E-state index contributed by atoms with van der Waals surface area (Å²) in [5, 5.41) is 3.82. The summed E-state index contributed by atoms with van der Waals surface area (Å²) in [5.41, 5.74) is 0.850. The van der Waals surface area contributed by atoms with Crippen molar-refractivity contribution in [3.63, 3.8) is 0 Å². The number of nitrogens with zero attached hydrogens (tertiary/aromatic N) is 1. The number of nitrogens with one attached hydrogen (secondary N) is 1. The highest BCUT2D eigenvalue weighted by Gasteiger charge is 2.32. The summed E-state index contributed by atoms with van der Waals surface area (Å²) in [5.74, 6) is 0.120. The Labute approximate surface area is 114 Å². The quantitative estimate of drug-likeness (QED) is 0.930. The van der Waals surface area contributed by atoms with Crippen molar-refractivity contribution in [3.05, 3.63) is 27.7 Å². The number of hydrogen-bond donors (Lipinski definition) is 1. The van der Waals surface area contributed by atoms with Gasteiger partial charge in [0, 0.05) is 6.54 Å². The summed E-state index contributed by atoms with van der Waals surface area (Å²) in [6.07, 6.45) is 0.839. The van der Waals surface area contributed by atoms with E-state index in [9.17, 15) is 4.79 Å². The molecule has 1 aliphatic rings. The highest BCUT2D eigenvalue weighted by Crippen LogP contribution is 2.34. The van der Waals surface area contributed by atoms with E-state index in [1.165, 1.54) is 0 Å². The Morgan fingerprint density at radius 3 is 3.06 bits per heavy atom. The van der Waals surface area contributed by atoms with Crippen molar-refractivity contribution in [1.82, 2.24) is 5.32 Å². The summed E-state index contributed by atoms with van der Waals surface area (Å²) < 4.78 is 0.784. The van der Waals surface area contributed by atoms with Crippen LogP contribution in [-0.2, 0) is 4.79 Å². The van der Waals surface area contributed by atoms with Crippen LogP contribution in [0.2, 0.25) is 5.02 Å². The average molecular weight is 318 g/mol. The molecule has 1 aliphatic heterocycles.